The van der Waals surface area contributed by atoms with Gasteiger partial charge in [0.15, 0.2) is 0 Å². The lowest BCUT2D eigenvalue weighted by molar-refractivity contribution is -0.119. The molecule has 0 aliphatic carbocycles. The van der Waals surface area contributed by atoms with Crippen molar-refractivity contribution in [3.8, 4) is 5.75 Å². The van der Waals surface area contributed by atoms with Gasteiger partial charge in [0.25, 0.3) is 0 Å². The molecular formula is C24H34N2O2. The van der Waals surface area contributed by atoms with E-state index in [0.717, 1.165) is 37.2 Å². The number of unbranched alkanes of at least 4 members (excludes halogenated alkanes) is 4. The fourth-order valence-electron chi connectivity index (χ4n) is 2.98. The van der Waals surface area contributed by atoms with Crippen LogP contribution in [0.25, 0.3) is 0 Å². The van der Waals surface area contributed by atoms with Gasteiger partial charge < -0.3 is 15.4 Å². The van der Waals surface area contributed by atoms with Crippen molar-refractivity contribution in [1.29, 1.82) is 0 Å². The monoisotopic (exact) mass is 382 g/mol. The highest BCUT2D eigenvalue weighted by molar-refractivity contribution is 5.80. The Morgan fingerprint density at radius 1 is 0.893 bits per heavy atom. The van der Waals surface area contributed by atoms with E-state index in [-0.39, 0.29) is 5.91 Å². The van der Waals surface area contributed by atoms with Gasteiger partial charge in [-0.25, -0.2) is 0 Å². The molecule has 2 rings (SSSR count). The second-order valence-electron chi connectivity index (χ2n) is 7.08. The second kappa shape index (κ2) is 13.6. The van der Waals surface area contributed by atoms with E-state index in [4.69, 9.17) is 4.74 Å². The molecule has 0 saturated carbocycles. The number of hydrogen-bond acceptors (Lipinski definition) is 3. The molecule has 0 fully saturated rings. The van der Waals surface area contributed by atoms with Crippen molar-refractivity contribution in [3.05, 3.63) is 60.2 Å². The molecule has 0 saturated heterocycles. The molecule has 0 aliphatic heterocycles. The minimum Gasteiger partial charge on any atom is -0.494 e. The number of hydrogen-bond donors (Lipinski definition) is 2. The average Bonchev–Trinajstić information content (AvgIpc) is 2.74. The Labute approximate surface area is 169 Å². The van der Waals surface area contributed by atoms with Gasteiger partial charge in [0.1, 0.15) is 5.75 Å². The molecule has 0 heterocycles. The fraction of sp³-hybridized carbons (Fsp3) is 0.458. The molecule has 1 amide bonds. The van der Waals surface area contributed by atoms with Gasteiger partial charge in [-0.2, -0.15) is 0 Å². The molecule has 28 heavy (non-hydrogen) atoms. The molecule has 0 unspecified atom stereocenters. The zero-order valence-corrected chi connectivity index (χ0v) is 17.1. The SMILES string of the molecule is CCCCCCCNC(=O)CNc1ccc(OCCCc2ccccc2)cc1. The summed E-state index contributed by atoms with van der Waals surface area (Å²) in [5.74, 6) is 0.895. The normalized spacial score (nSPS) is 10.5. The first-order valence-electron chi connectivity index (χ1n) is 10.6. The molecule has 2 aromatic carbocycles. The van der Waals surface area contributed by atoms with Crippen LogP contribution in [-0.4, -0.2) is 25.6 Å². The lowest BCUT2D eigenvalue weighted by atomic mass is 10.1. The van der Waals surface area contributed by atoms with Crippen LogP contribution in [0.4, 0.5) is 5.69 Å². The molecule has 0 aromatic heterocycles. The third-order valence-electron chi connectivity index (χ3n) is 4.63. The van der Waals surface area contributed by atoms with E-state index in [1.54, 1.807) is 0 Å². The maximum absolute atomic E-state index is 11.9. The van der Waals surface area contributed by atoms with Gasteiger partial charge in [0.2, 0.25) is 5.91 Å². The molecular weight excluding hydrogens is 348 g/mol. The minimum atomic E-state index is 0.0386. The van der Waals surface area contributed by atoms with Crippen LogP contribution in [0.1, 0.15) is 51.0 Å². The predicted octanol–water partition coefficient (Wildman–Crippen LogP) is 5.20. The largest absolute Gasteiger partial charge is 0.494 e. The molecule has 0 aliphatic rings. The van der Waals surface area contributed by atoms with Gasteiger partial charge in [-0.3, -0.25) is 4.79 Å². The first-order valence-corrected chi connectivity index (χ1v) is 10.6. The van der Waals surface area contributed by atoms with Crippen LogP contribution in [0.15, 0.2) is 54.6 Å². The smallest absolute Gasteiger partial charge is 0.239 e. The summed E-state index contributed by atoms with van der Waals surface area (Å²) in [6, 6.07) is 18.2. The van der Waals surface area contributed by atoms with Crippen LogP contribution < -0.4 is 15.4 Å². The molecule has 0 atom stereocenters. The van der Waals surface area contributed by atoms with E-state index in [9.17, 15) is 4.79 Å². The van der Waals surface area contributed by atoms with Crippen molar-refractivity contribution in [2.24, 2.45) is 0 Å². The molecule has 0 spiro atoms. The van der Waals surface area contributed by atoms with E-state index in [2.05, 4.69) is 41.8 Å². The Bertz CT molecular complexity index is 656. The topological polar surface area (TPSA) is 50.4 Å². The van der Waals surface area contributed by atoms with Crippen molar-refractivity contribution < 1.29 is 9.53 Å². The quantitative estimate of drug-likeness (QED) is 0.442. The number of carbonyl (C=O) groups excluding carboxylic acids is 1. The predicted molar refractivity (Wildman–Crippen MR) is 117 cm³/mol. The van der Waals surface area contributed by atoms with Crippen LogP contribution >= 0.6 is 0 Å². The van der Waals surface area contributed by atoms with E-state index >= 15 is 0 Å². The van der Waals surface area contributed by atoms with Gasteiger partial charge in [0.05, 0.1) is 13.2 Å². The van der Waals surface area contributed by atoms with Gasteiger partial charge in [-0.15, -0.1) is 0 Å². The van der Waals surface area contributed by atoms with Crippen LogP contribution in [0.2, 0.25) is 0 Å². The maximum Gasteiger partial charge on any atom is 0.239 e. The van der Waals surface area contributed by atoms with E-state index < -0.39 is 0 Å². The third-order valence-corrected chi connectivity index (χ3v) is 4.63. The van der Waals surface area contributed by atoms with Crippen molar-refractivity contribution in [3.63, 3.8) is 0 Å². The Balaban J connectivity index is 1.55. The molecule has 0 bridgehead atoms. The highest BCUT2D eigenvalue weighted by Gasteiger charge is 2.01. The number of rotatable bonds is 14. The Morgan fingerprint density at radius 2 is 1.64 bits per heavy atom. The van der Waals surface area contributed by atoms with Crippen LogP contribution in [0.3, 0.4) is 0 Å². The number of ether oxygens (including phenoxy) is 1. The summed E-state index contributed by atoms with van der Waals surface area (Å²) in [4.78, 5) is 11.9. The van der Waals surface area contributed by atoms with Gasteiger partial charge in [-0.05, 0) is 49.1 Å². The summed E-state index contributed by atoms with van der Waals surface area (Å²) in [6.07, 6.45) is 8.04. The van der Waals surface area contributed by atoms with Crippen molar-refractivity contribution in [2.75, 3.05) is 25.0 Å². The number of nitrogens with one attached hydrogen (secondary N) is 2. The zero-order valence-electron chi connectivity index (χ0n) is 17.1. The number of amides is 1. The molecule has 152 valence electrons. The summed E-state index contributed by atoms with van der Waals surface area (Å²) in [7, 11) is 0. The number of anilines is 1. The maximum atomic E-state index is 11.9. The van der Waals surface area contributed by atoms with E-state index in [1.165, 1.54) is 31.2 Å². The highest BCUT2D eigenvalue weighted by atomic mass is 16.5. The fourth-order valence-corrected chi connectivity index (χ4v) is 2.98. The molecule has 4 nitrogen and oxygen atoms in total. The minimum absolute atomic E-state index is 0.0386. The number of benzene rings is 2. The number of carbonyl (C=O) groups is 1. The number of aryl methyl sites for hydroxylation is 1. The van der Waals surface area contributed by atoms with Crippen LogP contribution in [-0.2, 0) is 11.2 Å². The molecule has 2 N–H and O–H groups in total. The standard InChI is InChI=1S/C24H34N2O2/c1-2-3-4-5-9-18-25-24(27)20-26-22-14-16-23(17-15-22)28-19-10-13-21-11-7-6-8-12-21/h6-8,11-12,14-17,26H,2-5,9-10,13,18-20H2,1H3,(H,25,27). The third kappa shape index (κ3) is 9.45. The Hall–Kier alpha value is -2.49. The summed E-state index contributed by atoms with van der Waals surface area (Å²) < 4.78 is 5.79. The van der Waals surface area contributed by atoms with Crippen molar-refractivity contribution in [2.45, 2.75) is 51.9 Å². The van der Waals surface area contributed by atoms with E-state index in [0.29, 0.717) is 13.2 Å². The van der Waals surface area contributed by atoms with Gasteiger partial charge in [-0.1, -0.05) is 62.9 Å². The summed E-state index contributed by atoms with van der Waals surface area (Å²) in [5.41, 5.74) is 2.26. The molecule has 0 radical (unpaired) electrons. The average molecular weight is 383 g/mol. The van der Waals surface area contributed by atoms with Crippen molar-refractivity contribution in [1.82, 2.24) is 5.32 Å². The summed E-state index contributed by atoms with van der Waals surface area (Å²) >= 11 is 0. The molecule has 4 heteroatoms. The first kappa shape index (κ1) is 21.8. The van der Waals surface area contributed by atoms with Crippen molar-refractivity contribution >= 4 is 11.6 Å². The summed E-state index contributed by atoms with van der Waals surface area (Å²) in [5, 5.41) is 6.12. The van der Waals surface area contributed by atoms with Gasteiger partial charge >= 0.3 is 0 Å². The van der Waals surface area contributed by atoms with Gasteiger partial charge in [0, 0.05) is 12.2 Å². The zero-order chi connectivity index (χ0) is 19.9. The lowest BCUT2D eigenvalue weighted by Crippen LogP contribution is -2.30. The molecule has 2 aromatic rings. The summed E-state index contributed by atoms with van der Waals surface area (Å²) in [6.45, 7) is 3.96. The second-order valence-corrected chi connectivity index (χ2v) is 7.08. The lowest BCUT2D eigenvalue weighted by Gasteiger charge is -2.10. The van der Waals surface area contributed by atoms with Crippen LogP contribution in [0, 0.1) is 0 Å². The van der Waals surface area contributed by atoms with Crippen LogP contribution in [0.5, 0.6) is 5.75 Å². The Kier molecular flexibility index (Phi) is 10.6. The first-order chi connectivity index (χ1) is 13.8. The highest BCUT2D eigenvalue weighted by Crippen LogP contribution is 2.16. The Morgan fingerprint density at radius 3 is 2.39 bits per heavy atom. The van der Waals surface area contributed by atoms with E-state index in [1.807, 2.05) is 30.3 Å².